The topological polar surface area (TPSA) is 34.9 Å². The monoisotopic (exact) mass is 272 g/mol. The van der Waals surface area contributed by atoms with Gasteiger partial charge in [-0.15, -0.1) is 0 Å². The van der Waals surface area contributed by atoms with Crippen LogP contribution in [0.1, 0.15) is 16.1 Å². The third-order valence-corrected chi connectivity index (χ3v) is 2.98. The number of aromatic nitrogens is 2. The summed E-state index contributed by atoms with van der Waals surface area (Å²) in [5, 5.41) is 4.22. The van der Waals surface area contributed by atoms with E-state index in [1.165, 1.54) is 18.2 Å². The van der Waals surface area contributed by atoms with Crippen LogP contribution in [-0.4, -0.2) is 16.1 Å². The molecule has 0 radical (unpaired) electrons. The molecule has 0 atom stereocenters. The van der Waals surface area contributed by atoms with Crippen LogP contribution in [-0.2, 0) is 0 Å². The van der Waals surface area contributed by atoms with Gasteiger partial charge in [0.2, 0.25) is 0 Å². The molecule has 0 bridgehead atoms. The Morgan fingerprint density at radius 2 is 2.12 bits per heavy atom. The van der Waals surface area contributed by atoms with Crippen LogP contribution < -0.4 is 0 Å². The predicted molar refractivity (Wildman–Crippen MR) is 63.7 cm³/mol. The van der Waals surface area contributed by atoms with Crippen LogP contribution in [0.25, 0.3) is 5.69 Å². The van der Waals surface area contributed by atoms with Crippen molar-refractivity contribution in [1.29, 1.82) is 0 Å². The summed E-state index contributed by atoms with van der Waals surface area (Å²) in [6, 6.07) is 4.25. The van der Waals surface area contributed by atoms with Crippen molar-refractivity contribution in [2.24, 2.45) is 0 Å². The number of aldehydes is 1. The molecule has 0 saturated heterocycles. The molecule has 1 heterocycles. The van der Waals surface area contributed by atoms with Gasteiger partial charge in [-0.25, -0.2) is 9.07 Å². The van der Waals surface area contributed by atoms with E-state index < -0.39 is 5.82 Å². The van der Waals surface area contributed by atoms with Gasteiger partial charge in [0, 0.05) is 0 Å². The number of hydrogen-bond donors (Lipinski definition) is 0. The molecule has 0 aliphatic heterocycles. The summed E-state index contributed by atoms with van der Waals surface area (Å²) in [6.45, 7) is 1.61. The molecule has 1 aromatic carbocycles. The van der Waals surface area contributed by atoms with Crippen molar-refractivity contribution >= 4 is 29.5 Å². The van der Waals surface area contributed by atoms with Crippen LogP contribution >= 0.6 is 23.2 Å². The summed E-state index contributed by atoms with van der Waals surface area (Å²) in [5.41, 5.74) is 0.686. The number of halogens is 3. The summed E-state index contributed by atoms with van der Waals surface area (Å²) in [6.07, 6.45) is 0.579. The highest BCUT2D eigenvalue weighted by Gasteiger charge is 2.18. The Balaban J connectivity index is 2.73. The standard InChI is InChI=1S/C11H7Cl2FN2O/c1-6-7(5-17)11(13)16(15-6)10-8(12)3-2-4-9(10)14/h2-5H,1H3. The van der Waals surface area contributed by atoms with Gasteiger partial charge in [0.25, 0.3) is 0 Å². The van der Waals surface area contributed by atoms with Gasteiger partial charge in [-0.05, 0) is 19.1 Å². The third kappa shape index (κ3) is 1.94. The van der Waals surface area contributed by atoms with E-state index in [9.17, 15) is 9.18 Å². The minimum atomic E-state index is -0.556. The second-order valence-electron chi connectivity index (χ2n) is 3.39. The minimum Gasteiger partial charge on any atom is -0.298 e. The molecular weight excluding hydrogens is 266 g/mol. The molecule has 2 rings (SSSR count). The van der Waals surface area contributed by atoms with Gasteiger partial charge in [-0.2, -0.15) is 5.10 Å². The fraction of sp³-hybridized carbons (Fsp3) is 0.0909. The van der Waals surface area contributed by atoms with E-state index in [4.69, 9.17) is 23.2 Å². The van der Waals surface area contributed by atoms with Crippen LogP contribution in [0.15, 0.2) is 18.2 Å². The van der Waals surface area contributed by atoms with E-state index in [-0.39, 0.29) is 21.4 Å². The number of aryl methyl sites for hydroxylation is 1. The van der Waals surface area contributed by atoms with Gasteiger partial charge in [0.05, 0.1) is 16.3 Å². The molecule has 0 aliphatic rings. The van der Waals surface area contributed by atoms with Crippen LogP contribution in [0.2, 0.25) is 10.2 Å². The highest BCUT2D eigenvalue weighted by Crippen LogP contribution is 2.28. The summed E-state index contributed by atoms with van der Waals surface area (Å²) in [4.78, 5) is 10.8. The maximum atomic E-state index is 13.7. The summed E-state index contributed by atoms with van der Waals surface area (Å²) < 4.78 is 14.8. The molecule has 0 unspecified atom stereocenters. The number of rotatable bonds is 2. The zero-order valence-corrected chi connectivity index (χ0v) is 10.3. The number of carbonyl (C=O) groups is 1. The lowest BCUT2D eigenvalue weighted by Crippen LogP contribution is -2.01. The van der Waals surface area contributed by atoms with E-state index >= 15 is 0 Å². The second-order valence-corrected chi connectivity index (χ2v) is 4.16. The average Bonchev–Trinajstić information content (AvgIpc) is 2.54. The summed E-state index contributed by atoms with van der Waals surface area (Å²) in [7, 11) is 0. The van der Waals surface area contributed by atoms with Gasteiger partial charge in [0.1, 0.15) is 16.7 Å². The fourth-order valence-corrected chi connectivity index (χ4v) is 2.03. The lowest BCUT2D eigenvalue weighted by atomic mass is 10.3. The van der Waals surface area contributed by atoms with Gasteiger partial charge < -0.3 is 0 Å². The smallest absolute Gasteiger partial charge is 0.155 e. The Hall–Kier alpha value is -1.39. The SMILES string of the molecule is Cc1nn(-c2c(F)cccc2Cl)c(Cl)c1C=O. The first kappa shape index (κ1) is 12.1. The average molecular weight is 273 g/mol. The largest absolute Gasteiger partial charge is 0.298 e. The molecule has 88 valence electrons. The maximum Gasteiger partial charge on any atom is 0.155 e. The van der Waals surface area contributed by atoms with Crippen molar-refractivity contribution in [2.75, 3.05) is 0 Å². The molecule has 1 aromatic heterocycles. The highest BCUT2D eigenvalue weighted by molar-refractivity contribution is 6.34. The van der Waals surface area contributed by atoms with Crippen LogP contribution in [0, 0.1) is 12.7 Å². The van der Waals surface area contributed by atoms with Crippen molar-refractivity contribution < 1.29 is 9.18 Å². The first-order chi connectivity index (χ1) is 8.06. The Bertz CT molecular complexity index is 575. The number of benzene rings is 1. The van der Waals surface area contributed by atoms with Gasteiger partial charge >= 0.3 is 0 Å². The lowest BCUT2D eigenvalue weighted by molar-refractivity contribution is 0.112. The maximum absolute atomic E-state index is 13.7. The molecule has 6 heteroatoms. The van der Waals surface area contributed by atoms with Gasteiger partial charge in [-0.1, -0.05) is 29.3 Å². The normalized spacial score (nSPS) is 10.6. The minimum absolute atomic E-state index is 0.0374. The zero-order valence-electron chi connectivity index (χ0n) is 8.75. The van der Waals surface area contributed by atoms with E-state index in [1.807, 2.05) is 0 Å². The Morgan fingerprint density at radius 3 is 2.65 bits per heavy atom. The molecule has 0 fully saturated rings. The second kappa shape index (κ2) is 4.47. The van der Waals surface area contributed by atoms with E-state index in [1.54, 1.807) is 6.92 Å². The number of nitrogens with zero attached hydrogens (tertiary/aromatic N) is 2. The van der Waals surface area contributed by atoms with Crippen LogP contribution in [0.3, 0.4) is 0 Å². The lowest BCUT2D eigenvalue weighted by Gasteiger charge is -2.06. The molecule has 0 spiro atoms. The molecule has 0 amide bonds. The number of para-hydroxylation sites is 1. The Kier molecular flexibility index (Phi) is 3.17. The van der Waals surface area contributed by atoms with Crippen molar-refractivity contribution in [3.63, 3.8) is 0 Å². The van der Waals surface area contributed by atoms with Gasteiger partial charge in [-0.3, -0.25) is 4.79 Å². The molecule has 0 aliphatic carbocycles. The quantitative estimate of drug-likeness (QED) is 0.785. The van der Waals surface area contributed by atoms with Crippen molar-refractivity contribution in [1.82, 2.24) is 9.78 Å². The number of hydrogen-bond acceptors (Lipinski definition) is 2. The molecule has 0 N–H and O–H groups in total. The van der Waals surface area contributed by atoms with Crippen molar-refractivity contribution in [3.05, 3.63) is 45.4 Å². The highest BCUT2D eigenvalue weighted by atomic mass is 35.5. The predicted octanol–water partition coefficient (Wildman–Crippen LogP) is 3.44. The van der Waals surface area contributed by atoms with Crippen molar-refractivity contribution in [2.45, 2.75) is 6.92 Å². The van der Waals surface area contributed by atoms with E-state index in [0.717, 1.165) is 4.68 Å². The van der Waals surface area contributed by atoms with Crippen LogP contribution in [0.4, 0.5) is 4.39 Å². The van der Waals surface area contributed by atoms with Crippen molar-refractivity contribution in [3.8, 4) is 5.69 Å². The fourth-order valence-electron chi connectivity index (χ4n) is 1.48. The number of carbonyl (C=O) groups excluding carboxylic acids is 1. The molecule has 3 nitrogen and oxygen atoms in total. The first-order valence-electron chi connectivity index (χ1n) is 4.71. The third-order valence-electron chi connectivity index (χ3n) is 2.32. The van der Waals surface area contributed by atoms with Gasteiger partial charge in [0.15, 0.2) is 6.29 Å². The molecule has 0 saturated carbocycles. The Morgan fingerprint density at radius 1 is 1.41 bits per heavy atom. The molecule has 17 heavy (non-hydrogen) atoms. The first-order valence-corrected chi connectivity index (χ1v) is 5.46. The molecule has 2 aromatic rings. The van der Waals surface area contributed by atoms with E-state index in [0.29, 0.717) is 12.0 Å². The van der Waals surface area contributed by atoms with E-state index in [2.05, 4.69) is 5.10 Å². The summed E-state index contributed by atoms with van der Waals surface area (Å²) in [5.74, 6) is -0.556. The summed E-state index contributed by atoms with van der Waals surface area (Å²) >= 11 is 11.8. The zero-order chi connectivity index (χ0) is 12.6. The van der Waals surface area contributed by atoms with Crippen LogP contribution in [0.5, 0.6) is 0 Å². The Labute approximate surface area is 107 Å². The molecular formula is C11H7Cl2FN2O.